The van der Waals surface area contributed by atoms with Gasteiger partial charge in [-0.3, -0.25) is 4.98 Å². The van der Waals surface area contributed by atoms with Gasteiger partial charge in [0.1, 0.15) is 0 Å². The van der Waals surface area contributed by atoms with E-state index >= 15 is 0 Å². The maximum absolute atomic E-state index is 4.61. The summed E-state index contributed by atoms with van der Waals surface area (Å²) in [5, 5.41) is 0. The second kappa shape index (κ2) is 5.10. The van der Waals surface area contributed by atoms with E-state index in [0.717, 1.165) is 25.7 Å². The van der Waals surface area contributed by atoms with Crippen LogP contribution in [-0.4, -0.2) is 9.97 Å². The zero-order valence-electron chi connectivity index (χ0n) is 10.5. The molecule has 0 fully saturated rings. The molecule has 4 heteroatoms. The number of aromatic nitrogens is 2. The standard InChI is InChI=1S/C14H14Br2N2/c1-14(2,3)13(16)12(15)11-8-17-9-6-4-5-7-10(9)18-11/h4-8H,1-3H3/b13-12+. The molecule has 0 aliphatic carbocycles. The van der Waals surface area contributed by atoms with Crippen LogP contribution in [0.5, 0.6) is 0 Å². The Bertz CT molecular complexity index is 612. The van der Waals surface area contributed by atoms with Gasteiger partial charge in [-0.25, -0.2) is 4.98 Å². The van der Waals surface area contributed by atoms with Gasteiger partial charge in [-0.1, -0.05) is 48.8 Å². The summed E-state index contributed by atoms with van der Waals surface area (Å²) < 4.78 is 2.04. The highest BCUT2D eigenvalue weighted by Gasteiger charge is 2.19. The Hall–Kier alpha value is -0.740. The molecule has 2 aromatic rings. The first-order valence-corrected chi connectivity index (χ1v) is 7.26. The van der Waals surface area contributed by atoms with Crippen LogP contribution in [0.3, 0.4) is 0 Å². The maximum atomic E-state index is 4.61. The molecular formula is C14H14Br2N2. The van der Waals surface area contributed by atoms with Crippen LogP contribution in [0.25, 0.3) is 15.5 Å². The summed E-state index contributed by atoms with van der Waals surface area (Å²) >= 11 is 7.23. The van der Waals surface area contributed by atoms with Crippen molar-refractivity contribution in [2.45, 2.75) is 20.8 Å². The predicted octanol–water partition coefficient (Wildman–Crippen LogP) is 5.13. The van der Waals surface area contributed by atoms with E-state index in [0.29, 0.717) is 0 Å². The Morgan fingerprint density at radius 1 is 1.06 bits per heavy atom. The number of hydrogen-bond donors (Lipinski definition) is 0. The second-order valence-electron chi connectivity index (χ2n) is 5.12. The monoisotopic (exact) mass is 368 g/mol. The summed E-state index contributed by atoms with van der Waals surface area (Å²) in [6.45, 7) is 6.44. The van der Waals surface area contributed by atoms with Gasteiger partial charge in [0, 0.05) is 4.48 Å². The lowest BCUT2D eigenvalue weighted by molar-refractivity contribution is 0.538. The lowest BCUT2D eigenvalue weighted by Crippen LogP contribution is -2.06. The van der Waals surface area contributed by atoms with E-state index in [4.69, 9.17) is 0 Å². The van der Waals surface area contributed by atoms with E-state index in [1.54, 1.807) is 6.20 Å². The van der Waals surface area contributed by atoms with Gasteiger partial charge in [-0.05, 0) is 33.5 Å². The molecule has 1 aromatic carbocycles. The van der Waals surface area contributed by atoms with Crippen LogP contribution in [-0.2, 0) is 0 Å². The number of benzene rings is 1. The number of halogens is 2. The van der Waals surface area contributed by atoms with Crippen LogP contribution in [0.15, 0.2) is 34.9 Å². The first-order valence-electron chi connectivity index (χ1n) is 5.67. The minimum atomic E-state index is 0.0339. The Labute approximate surface area is 124 Å². The second-order valence-corrected chi connectivity index (χ2v) is 6.71. The van der Waals surface area contributed by atoms with E-state index < -0.39 is 0 Å². The normalized spacial score (nSPS) is 13.6. The number of fused-ring (bicyclic) bond motifs is 1. The highest BCUT2D eigenvalue weighted by molar-refractivity contribution is 9.16. The average Bonchev–Trinajstić information content (AvgIpc) is 2.35. The summed E-state index contributed by atoms with van der Waals surface area (Å²) in [5.41, 5.74) is 2.69. The molecular weight excluding hydrogens is 356 g/mol. The van der Waals surface area contributed by atoms with Crippen molar-refractivity contribution in [3.63, 3.8) is 0 Å². The number of para-hydroxylation sites is 2. The van der Waals surface area contributed by atoms with Gasteiger partial charge in [0.15, 0.2) is 0 Å². The van der Waals surface area contributed by atoms with Gasteiger partial charge in [-0.2, -0.15) is 0 Å². The minimum Gasteiger partial charge on any atom is -0.252 e. The fourth-order valence-corrected chi connectivity index (χ4v) is 2.49. The van der Waals surface area contributed by atoms with E-state index in [2.05, 4.69) is 62.6 Å². The van der Waals surface area contributed by atoms with Crippen molar-refractivity contribution in [1.29, 1.82) is 0 Å². The van der Waals surface area contributed by atoms with Crippen molar-refractivity contribution >= 4 is 47.4 Å². The number of hydrogen-bond acceptors (Lipinski definition) is 2. The van der Waals surface area contributed by atoms with Crippen molar-refractivity contribution in [1.82, 2.24) is 9.97 Å². The van der Waals surface area contributed by atoms with Crippen LogP contribution in [0.2, 0.25) is 0 Å². The van der Waals surface area contributed by atoms with Crippen molar-refractivity contribution in [2.75, 3.05) is 0 Å². The SMILES string of the molecule is CC(C)(C)/C(Br)=C(\Br)c1cnc2ccccc2n1. The molecule has 1 aromatic heterocycles. The summed E-state index contributed by atoms with van der Waals surface area (Å²) in [7, 11) is 0. The number of rotatable bonds is 1. The van der Waals surface area contributed by atoms with E-state index in [9.17, 15) is 0 Å². The van der Waals surface area contributed by atoms with Crippen molar-refractivity contribution < 1.29 is 0 Å². The Morgan fingerprint density at radius 2 is 1.67 bits per heavy atom. The summed E-state index contributed by atoms with van der Waals surface area (Å²) in [6, 6.07) is 7.86. The van der Waals surface area contributed by atoms with E-state index in [-0.39, 0.29) is 5.41 Å². The van der Waals surface area contributed by atoms with Gasteiger partial charge in [0.05, 0.1) is 27.4 Å². The molecule has 0 radical (unpaired) electrons. The maximum Gasteiger partial charge on any atom is 0.0970 e. The third kappa shape index (κ3) is 2.81. The largest absolute Gasteiger partial charge is 0.252 e. The van der Waals surface area contributed by atoms with Crippen molar-refractivity contribution in [3.05, 3.63) is 40.6 Å². The highest BCUT2D eigenvalue weighted by atomic mass is 79.9. The van der Waals surface area contributed by atoms with Crippen LogP contribution in [0.1, 0.15) is 26.5 Å². The molecule has 0 amide bonds. The Kier molecular flexibility index (Phi) is 3.87. The first kappa shape index (κ1) is 13.7. The first-order chi connectivity index (χ1) is 8.39. The molecule has 2 rings (SSSR count). The zero-order chi connectivity index (χ0) is 13.3. The van der Waals surface area contributed by atoms with Crippen LogP contribution < -0.4 is 0 Å². The molecule has 1 heterocycles. The molecule has 0 spiro atoms. The van der Waals surface area contributed by atoms with Gasteiger partial charge >= 0.3 is 0 Å². The van der Waals surface area contributed by atoms with E-state index in [1.165, 1.54) is 0 Å². The molecule has 2 nitrogen and oxygen atoms in total. The summed E-state index contributed by atoms with van der Waals surface area (Å²) in [6.07, 6.45) is 1.79. The highest BCUT2D eigenvalue weighted by Crippen LogP contribution is 2.39. The molecule has 0 N–H and O–H groups in total. The lowest BCUT2D eigenvalue weighted by Gasteiger charge is -2.19. The topological polar surface area (TPSA) is 25.8 Å². The molecule has 0 unspecified atom stereocenters. The van der Waals surface area contributed by atoms with E-state index in [1.807, 2.05) is 24.3 Å². The third-order valence-electron chi connectivity index (χ3n) is 2.52. The van der Waals surface area contributed by atoms with Gasteiger partial charge < -0.3 is 0 Å². The van der Waals surface area contributed by atoms with Crippen LogP contribution >= 0.6 is 31.9 Å². The summed E-state index contributed by atoms with van der Waals surface area (Å²) in [4.78, 5) is 9.03. The Balaban J connectivity index is 2.55. The fourth-order valence-electron chi connectivity index (χ4n) is 1.50. The van der Waals surface area contributed by atoms with Crippen LogP contribution in [0.4, 0.5) is 0 Å². The fraction of sp³-hybridized carbons (Fsp3) is 0.286. The predicted molar refractivity (Wildman–Crippen MR) is 83.8 cm³/mol. The number of nitrogens with zero attached hydrogens (tertiary/aromatic N) is 2. The molecule has 0 aliphatic rings. The lowest BCUT2D eigenvalue weighted by atomic mass is 9.96. The summed E-state index contributed by atoms with van der Waals surface area (Å²) in [5.74, 6) is 0. The smallest absolute Gasteiger partial charge is 0.0970 e. The quantitative estimate of drug-likeness (QED) is 0.695. The van der Waals surface area contributed by atoms with Crippen molar-refractivity contribution in [2.24, 2.45) is 5.41 Å². The molecule has 0 aliphatic heterocycles. The molecule has 18 heavy (non-hydrogen) atoms. The molecule has 0 atom stereocenters. The Morgan fingerprint density at radius 3 is 2.28 bits per heavy atom. The van der Waals surface area contributed by atoms with Gasteiger partial charge in [0.25, 0.3) is 0 Å². The molecule has 0 saturated heterocycles. The minimum absolute atomic E-state index is 0.0339. The molecule has 0 bridgehead atoms. The molecule has 94 valence electrons. The van der Waals surface area contributed by atoms with Crippen molar-refractivity contribution in [3.8, 4) is 0 Å². The van der Waals surface area contributed by atoms with Crippen LogP contribution in [0, 0.1) is 5.41 Å². The number of allylic oxidation sites excluding steroid dienone is 1. The van der Waals surface area contributed by atoms with Gasteiger partial charge in [0.2, 0.25) is 0 Å². The average molecular weight is 370 g/mol. The molecule has 0 saturated carbocycles. The third-order valence-corrected chi connectivity index (χ3v) is 5.45. The zero-order valence-corrected chi connectivity index (χ0v) is 13.7. The van der Waals surface area contributed by atoms with Gasteiger partial charge in [-0.15, -0.1) is 0 Å².